The fourth-order valence-corrected chi connectivity index (χ4v) is 12.6. The van der Waals surface area contributed by atoms with E-state index in [2.05, 4.69) is 80.6 Å². The first-order valence-electron chi connectivity index (χ1n) is 7.37. The zero-order valence-corrected chi connectivity index (χ0v) is 15.1. The molecule has 0 N–H and O–H groups in total. The standard InChI is InChI=1S/C18H30Si2/c1-8-15-16-17-18(19(9-2,10-3)11-4)20(12-5,13-6)14-7/h9-14,18H,2-8,15-17H2,1H3. The topological polar surface area (TPSA) is 0 Å². The summed E-state index contributed by atoms with van der Waals surface area (Å²) in [4.78, 5) is 0. The van der Waals surface area contributed by atoms with E-state index in [1.165, 1.54) is 19.3 Å². The van der Waals surface area contributed by atoms with E-state index in [1.807, 2.05) is 0 Å². The van der Waals surface area contributed by atoms with E-state index in [0.717, 1.165) is 6.42 Å². The third-order valence-corrected chi connectivity index (χ3v) is 14.7. The molecule has 0 fully saturated rings. The van der Waals surface area contributed by atoms with Crippen molar-refractivity contribution in [3.8, 4) is 0 Å². The molecule has 2 heteroatoms. The van der Waals surface area contributed by atoms with Crippen molar-refractivity contribution in [2.45, 2.75) is 37.8 Å². The van der Waals surface area contributed by atoms with Crippen molar-refractivity contribution < 1.29 is 0 Å². The summed E-state index contributed by atoms with van der Waals surface area (Å²) < 4.78 is 0. The molecule has 0 aromatic rings. The van der Waals surface area contributed by atoms with Crippen molar-refractivity contribution in [2.75, 3.05) is 0 Å². The first-order valence-corrected chi connectivity index (χ1v) is 12.0. The molecule has 110 valence electrons. The van der Waals surface area contributed by atoms with Gasteiger partial charge in [-0.1, -0.05) is 66.8 Å². The predicted molar refractivity (Wildman–Crippen MR) is 101 cm³/mol. The third-order valence-electron chi connectivity index (χ3n) is 4.42. The molecule has 0 spiro atoms. The van der Waals surface area contributed by atoms with Gasteiger partial charge in [-0.25, -0.2) is 0 Å². The second-order valence-electron chi connectivity index (χ2n) is 5.27. The van der Waals surface area contributed by atoms with Crippen LogP contribution in [-0.2, 0) is 0 Å². The van der Waals surface area contributed by atoms with Crippen LogP contribution >= 0.6 is 0 Å². The highest BCUT2D eigenvalue weighted by molar-refractivity contribution is 7.11. The van der Waals surface area contributed by atoms with E-state index in [-0.39, 0.29) is 0 Å². The molecule has 0 saturated carbocycles. The lowest BCUT2D eigenvalue weighted by Crippen LogP contribution is -2.49. The first-order chi connectivity index (χ1) is 9.56. The summed E-state index contributed by atoms with van der Waals surface area (Å²) in [5.41, 5.74) is 12.6. The van der Waals surface area contributed by atoms with Crippen LogP contribution in [0.3, 0.4) is 0 Å². The van der Waals surface area contributed by atoms with Gasteiger partial charge in [0.1, 0.15) is 16.1 Å². The molecule has 0 bridgehead atoms. The fourth-order valence-electron chi connectivity index (χ4n) is 2.89. The highest BCUT2D eigenvalue weighted by Gasteiger charge is 2.44. The predicted octanol–water partition coefficient (Wildman–Crippen LogP) is 5.72. The van der Waals surface area contributed by atoms with Gasteiger partial charge in [0.15, 0.2) is 0 Å². The summed E-state index contributed by atoms with van der Waals surface area (Å²) in [7, 11) is -3.91. The minimum Gasteiger partial charge on any atom is -0.106 e. The van der Waals surface area contributed by atoms with E-state index < -0.39 is 16.1 Å². The Hall–Kier alpha value is -1.13. The highest BCUT2D eigenvalue weighted by Crippen LogP contribution is 2.40. The van der Waals surface area contributed by atoms with Crippen LogP contribution in [0.2, 0.25) is 5.16 Å². The monoisotopic (exact) mass is 302 g/mol. The maximum Gasteiger partial charge on any atom is 0.125 e. The molecule has 0 heterocycles. The van der Waals surface area contributed by atoms with Crippen LogP contribution < -0.4 is 0 Å². The Balaban J connectivity index is 5.78. The lowest BCUT2D eigenvalue weighted by molar-refractivity contribution is 0.680. The largest absolute Gasteiger partial charge is 0.125 e. The van der Waals surface area contributed by atoms with Crippen molar-refractivity contribution in [2.24, 2.45) is 0 Å². The molecule has 0 aromatic carbocycles. The Morgan fingerprint density at radius 1 is 0.700 bits per heavy atom. The van der Waals surface area contributed by atoms with Crippen molar-refractivity contribution in [1.82, 2.24) is 0 Å². The molecule has 0 amide bonds. The van der Waals surface area contributed by atoms with Crippen molar-refractivity contribution in [1.29, 1.82) is 0 Å². The van der Waals surface area contributed by atoms with Gasteiger partial charge in [0, 0.05) is 0 Å². The fraction of sp³-hybridized carbons (Fsp3) is 0.333. The van der Waals surface area contributed by atoms with Gasteiger partial charge in [-0.15, -0.1) is 39.5 Å². The molecule has 0 aliphatic heterocycles. The van der Waals surface area contributed by atoms with E-state index in [9.17, 15) is 0 Å². The highest BCUT2D eigenvalue weighted by atomic mass is 28.4. The maximum absolute atomic E-state index is 4.08. The summed E-state index contributed by atoms with van der Waals surface area (Å²) in [6.07, 6.45) is 4.85. The summed E-state index contributed by atoms with van der Waals surface area (Å²) in [6.45, 7) is 26.7. The molecular formula is C18H30Si2. The zero-order valence-electron chi connectivity index (χ0n) is 13.1. The number of hydrogen-bond donors (Lipinski definition) is 0. The van der Waals surface area contributed by atoms with Crippen molar-refractivity contribution in [3.05, 3.63) is 73.7 Å². The SMILES string of the molecule is C=C[Si](C=C)(C=C)C(CCCCC)[Si](C=C)(C=C)C=C. The summed E-state index contributed by atoms with van der Waals surface area (Å²) in [5.74, 6) is 0. The number of unbranched alkanes of at least 4 members (excludes halogenated alkanes) is 2. The Bertz CT molecular complexity index is 303. The lowest BCUT2D eigenvalue weighted by Gasteiger charge is -2.40. The second kappa shape index (κ2) is 8.93. The third kappa shape index (κ3) is 3.71. The van der Waals surface area contributed by atoms with Gasteiger partial charge in [-0.3, -0.25) is 0 Å². The van der Waals surface area contributed by atoms with Crippen LogP contribution in [0.4, 0.5) is 0 Å². The van der Waals surface area contributed by atoms with Crippen LogP contribution in [0.1, 0.15) is 32.6 Å². The molecule has 0 aliphatic carbocycles. The molecule has 0 aliphatic rings. The van der Waals surface area contributed by atoms with Crippen molar-refractivity contribution >= 4 is 16.1 Å². The van der Waals surface area contributed by atoms with E-state index >= 15 is 0 Å². The van der Waals surface area contributed by atoms with Gasteiger partial charge >= 0.3 is 0 Å². The first kappa shape index (κ1) is 18.9. The average molecular weight is 303 g/mol. The van der Waals surface area contributed by atoms with Crippen LogP contribution in [0.5, 0.6) is 0 Å². The molecule has 0 rings (SSSR count). The molecule has 0 aromatic heterocycles. The molecular weight excluding hydrogens is 272 g/mol. The zero-order chi connectivity index (χ0) is 15.6. The molecule has 0 atom stereocenters. The Morgan fingerprint density at radius 2 is 1.05 bits per heavy atom. The van der Waals surface area contributed by atoms with Crippen molar-refractivity contribution in [3.63, 3.8) is 0 Å². The number of rotatable bonds is 12. The molecule has 0 nitrogen and oxygen atoms in total. The molecule has 20 heavy (non-hydrogen) atoms. The van der Waals surface area contributed by atoms with Gasteiger partial charge in [0.2, 0.25) is 0 Å². The maximum atomic E-state index is 4.08. The van der Waals surface area contributed by atoms with Crippen LogP contribution in [-0.4, -0.2) is 16.1 Å². The minimum atomic E-state index is -1.96. The van der Waals surface area contributed by atoms with Crippen LogP contribution in [0.25, 0.3) is 0 Å². The van der Waals surface area contributed by atoms with Gasteiger partial charge in [0.25, 0.3) is 0 Å². The Kier molecular flexibility index (Phi) is 8.43. The Labute approximate surface area is 128 Å². The van der Waals surface area contributed by atoms with E-state index in [4.69, 9.17) is 0 Å². The Morgan fingerprint density at radius 3 is 1.30 bits per heavy atom. The van der Waals surface area contributed by atoms with Gasteiger partial charge < -0.3 is 0 Å². The normalized spacial score (nSPS) is 11.7. The lowest BCUT2D eigenvalue weighted by atomic mass is 10.2. The summed E-state index contributed by atoms with van der Waals surface area (Å²) in [6, 6.07) is 0. The van der Waals surface area contributed by atoms with Gasteiger partial charge in [0.05, 0.1) is 0 Å². The quantitative estimate of drug-likeness (QED) is 0.319. The van der Waals surface area contributed by atoms with Crippen LogP contribution in [0.15, 0.2) is 73.7 Å². The van der Waals surface area contributed by atoms with E-state index in [1.54, 1.807) is 0 Å². The summed E-state index contributed by atoms with van der Waals surface area (Å²) >= 11 is 0. The van der Waals surface area contributed by atoms with Crippen LogP contribution in [0, 0.1) is 0 Å². The second-order valence-corrected chi connectivity index (χ2v) is 13.7. The number of hydrogen-bond acceptors (Lipinski definition) is 0. The molecule has 0 unspecified atom stereocenters. The van der Waals surface area contributed by atoms with Gasteiger partial charge in [-0.2, -0.15) is 0 Å². The average Bonchev–Trinajstić information content (AvgIpc) is 2.51. The smallest absolute Gasteiger partial charge is 0.106 e. The summed E-state index contributed by atoms with van der Waals surface area (Å²) in [5, 5.41) is 0.488. The van der Waals surface area contributed by atoms with Gasteiger partial charge in [-0.05, 0) is 5.16 Å². The molecule has 0 radical (unpaired) electrons. The molecule has 0 saturated heterocycles. The van der Waals surface area contributed by atoms with E-state index in [0.29, 0.717) is 5.16 Å². The minimum absolute atomic E-state index is 0.488.